The summed E-state index contributed by atoms with van der Waals surface area (Å²) in [5, 5.41) is 4.11. The zero-order chi connectivity index (χ0) is 31.2. The number of amides is 1. The van der Waals surface area contributed by atoms with Crippen LogP contribution in [0.25, 0.3) is 11.5 Å². The first-order valence-corrected chi connectivity index (χ1v) is 15.2. The number of halogens is 3. The van der Waals surface area contributed by atoms with Gasteiger partial charge in [-0.2, -0.15) is 18.2 Å². The van der Waals surface area contributed by atoms with Crippen molar-refractivity contribution in [1.29, 1.82) is 0 Å². The van der Waals surface area contributed by atoms with Crippen LogP contribution in [0.2, 0.25) is 0 Å². The van der Waals surface area contributed by atoms with Gasteiger partial charge in [0.25, 0.3) is 5.89 Å². The summed E-state index contributed by atoms with van der Waals surface area (Å²) >= 11 is 0. The zero-order valence-electron chi connectivity index (χ0n) is 25.3. The highest BCUT2D eigenvalue weighted by molar-refractivity contribution is 6.32. The van der Waals surface area contributed by atoms with Crippen molar-refractivity contribution in [1.82, 2.24) is 15.0 Å². The Kier molecular flexibility index (Phi) is 13.2. The third kappa shape index (κ3) is 10.5. The van der Waals surface area contributed by atoms with Crippen LogP contribution in [-0.4, -0.2) is 33.5 Å². The summed E-state index contributed by atoms with van der Waals surface area (Å²) in [5.41, 5.74) is 1.08. The van der Waals surface area contributed by atoms with Gasteiger partial charge < -0.3 is 14.2 Å². The summed E-state index contributed by atoms with van der Waals surface area (Å²) < 4.78 is 49.5. The Morgan fingerprint density at radius 1 is 0.884 bits per heavy atom. The molecule has 0 unspecified atom stereocenters. The first kappa shape index (κ1) is 33.8. The van der Waals surface area contributed by atoms with E-state index in [0.29, 0.717) is 28.4 Å². The van der Waals surface area contributed by atoms with Gasteiger partial charge in [0.15, 0.2) is 5.82 Å². The number of carbonyl (C=O) groups excluding carboxylic acids is 2. The van der Waals surface area contributed by atoms with Crippen LogP contribution in [0.3, 0.4) is 0 Å². The van der Waals surface area contributed by atoms with E-state index in [1.165, 1.54) is 62.0 Å². The molecule has 43 heavy (non-hydrogen) atoms. The minimum absolute atomic E-state index is 0.0209. The van der Waals surface area contributed by atoms with Crippen LogP contribution in [0.5, 0.6) is 0 Å². The zero-order valence-corrected chi connectivity index (χ0v) is 25.3. The second kappa shape index (κ2) is 16.8. The molecule has 3 aromatic rings. The monoisotopic (exact) mass is 601 g/mol. The highest BCUT2D eigenvalue weighted by Crippen LogP contribution is 2.31. The van der Waals surface area contributed by atoms with E-state index in [0.717, 1.165) is 31.4 Å². The molecule has 1 amide bonds. The SMILES string of the molecule is CCCCCCCCCCCc1noc(-c2ccc(CN(C(=O)C(=O)OCC)[C@@H](C)c3ccc(C(F)(F)F)cc3)cc2)n1. The Labute approximate surface area is 251 Å². The fourth-order valence-corrected chi connectivity index (χ4v) is 4.84. The first-order chi connectivity index (χ1) is 20.6. The molecule has 0 radical (unpaired) electrons. The van der Waals surface area contributed by atoms with Crippen LogP contribution < -0.4 is 0 Å². The molecule has 234 valence electrons. The molecule has 0 aliphatic carbocycles. The highest BCUT2D eigenvalue weighted by Gasteiger charge is 2.32. The average Bonchev–Trinajstić information content (AvgIpc) is 3.47. The fourth-order valence-electron chi connectivity index (χ4n) is 4.84. The Bertz CT molecular complexity index is 1270. The van der Waals surface area contributed by atoms with E-state index in [1.807, 2.05) is 0 Å². The van der Waals surface area contributed by atoms with E-state index in [1.54, 1.807) is 38.1 Å². The number of rotatable bonds is 16. The maximum atomic E-state index is 13.0. The molecule has 1 atom stereocenters. The fraction of sp³-hybridized carbons (Fsp3) is 0.515. The predicted molar refractivity (Wildman–Crippen MR) is 158 cm³/mol. The van der Waals surface area contributed by atoms with Crippen molar-refractivity contribution in [3.8, 4) is 11.5 Å². The summed E-state index contributed by atoms with van der Waals surface area (Å²) in [6, 6.07) is 11.0. The lowest BCUT2D eigenvalue weighted by molar-refractivity contribution is -0.161. The van der Waals surface area contributed by atoms with E-state index >= 15 is 0 Å². The van der Waals surface area contributed by atoms with Gasteiger partial charge in [-0.25, -0.2) is 4.79 Å². The van der Waals surface area contributed by atoms with Gasteiger partial charge in [-0.3, -0.25) is 4.79 Å². The van der Waals surface area contributed by atoms with Crippen LogP contribution in [-0.2, 0) is 33.5 Å². The lowest BCUT2D eigenvalue weighted by atomic mass is 10.0. The van der Waals surface area contributed by atoms with Gasteiger partial charge in [0.2, 0.25) is 0 Å². The van der Waals surface area contributed by atoms with Crippen molar-refractivity contribution >= 4 is 11.9 Å². The largest absolute Gasteiger partial charge is 0.459 e. The van der Waals surface area contributed by atoms with Gasteiger partial charge in [-0.15, -0.1) is 0 Å². The quantitative estimate of drug-likeness (QED) is 0.0930. The number of aryl methyl sites for hydroxylation is 1. The molecule has 0 bridgehead atoms. The molecule has 1 heterocycles. The van der Waals surface area contributed by atoms with Crippen molar-refractivity contribution in [3.63, 3.8) is 0 Å². The number of hydrogen-bond acceptors (Lipinski definition) is 6. The third-order valence-electron chi connectivity index (χ3n) is 7.42. The number of carbonyl (C=O) groups is 2. The van der Waals surface area contributed by atoms with Crippen LogP contribution in [0.1, 0.15) is 107 Å². The van der Waals surface area contributed by atoms with Crippen LogP contribution in [0.15, 0.2) is 53.1 Å². The molecular weight excluding hydrogens is 559 g/mol. The van der Waals surface area contributed by atoms with E-state index < -0.39 is 29.7 Å². The lowest BCUT2D eigenvalue weighted by Gasteiger charge is -2.29. The second-order valence-corrected chi connectivity index (χ2v) is 10.7. The molecule has 10 heteroatoms. The summed E-state index contributed by atoms with van der Waals surface area (Å²) in [4.78, 5) is 31.1. The molecule has 1 aromatic heterocycles. The second-order valence-electron chi connectivity index (χ2n) is 10.7. The number of benzene rings is 2. The average molecular weight is 602 g/mol. The number of unbranched alkanes of at least 4 members (excludes halogenated alkanes) is 8. The van der Waals surface area contributed by atoms with Gasteiger partial charge in [0.1, 0.15) is 0 Å². The lowest BCUT2D eigenvalue weighted by Crippen LogP contribution is -2.39. The number of ether oxygens (including phenoxy) is 1. The van der Waals surface area contributed by atoms with Gasteiger partial charge in [0, 0.05) is 18.5 Å². The molecule has 0 saturated carbocycles. The van der Waals surface area contributed by atoms with Crippen LogP contribution >= 0.6 is 0 Å². The summed E-state index contributed by atoms with van der Waals surface area (Å²) in [5.74, 6) is -0.840. The van der Waals surface area contributed by atoms with E-state index in [2.05, 4.69) is 17.1 Å². The Hall–Kier alpha value is -3.69. The Balaban J connectivity index is 1.61. The summed E-state index contributed by atoms with van der Waals surface area (Å²) in [7, 11) is 0. The van der Waals surface area contributed by atoms with Crippen LogP contribution in [0, 0.1) is 0 Å². The van der Waals surface area contributed by atoms with Crippen molar-refractivity contribution in [2.45, 2.75) is 104 Å². The number of hydrogen-bond donors (Lipinski definition) is 0. The minimum Gasteiger partial charge on any atom is -0.459 e. The molecule has 0 aliphatic heterocycles. The molecule has 0 saturated heterocycles. The summed E-state index contributed by atoms with van der Waals surface area (Å²) in [6.45, 7) is 5.53. The first-order valence-electron chi connectivity index (χ1n) is 15.2. The maximum Gasteiger partial charge on any atom is 0.416 e. The number of aromatic nitrogens is 2. The van der Waals surface area contributed by atoms with E-state index in [4.69, 9.17) is 9.26 Å². The standard InChI is InChI=1S/C33H42F3N3O4/c1-4-6-7-8-9-10-11-12-13-14-29-37-30(43-38-29)27-17-15-25(16-18-27)23-39(31(40)32(41)42-5-2)24(3)26-19-21-28(22-20-26)33(34,35)36/h15-22,24H,4-14,23H2,1-3H3/t24-/m0/s1. The van der Waals surface area contributed by atoms with Crippen molar-refractivity contribution in [2.24, 2.45) is 0 Å². The van der Waals surface area contributed by atoms with Gasteiger partial charge >= 0.3 is 18.1 Å². The van der Waals surface area contributed by atoms with Gasteiger partial charge in [-0.05, 0) is 55.7 Å². The Morgan fingerprint density at radius 3 is 2.07 bits per heavy atom. The predicted octanol–water partition coefficient (Wildman–Crippen LogP) is 8.48. The Morgan fingerprint density at radius 2 is 1.49 bits per heavy atom. The number of nitrogens with zero attached hydrogens (tertiary/aromatic N) is 3. The molecule has 0 spiro atoms. The van der Waals surface area contributed by atoms with E-state index in [9.17, 15) is 22.8 Å². The van der Waals surface area contributed by atoms with Gasteiger partial charge in [-0.1, -0.05) is 87.7 Å². The normalized spacial score (nSPS) is 12.2. The molecule has 0 fully saturated rings. The van der Waals surface area contributed by atoms with Gasteiger partial charge in [0.05, 0.1) is 18.2 Å². The van der Waals surface area contributed by atoms with Crippen molar-refractivity contribution < 1.29 is 32.0 Å². The number of esters is 1. The van der Waals surface area contributed by atoms with E-state index in [-0.39, 0.29) is 13.2 Å². The van der Waals surface area contributed by atoms with Crippen LogP contribution in [0.4, 0.5) is 13.2 Å². The van der Waals surface area contributed by atoms with Crippen molar-refractivity contribution in [2.75, 3.05) is 6.61 Å². The highest BCUT2D eigenvalue weighted by atomic mass is 19.4. The van der Waals surface area contributed by atoms with Crippen molar-refractivity contribution in [3.05, 3.63) is 71.0 Å². The molecular formula is C33H42F3N3O4. The smallest absolute Gasteiger partial charge is 0.416 e. The topological polar surface area (TPSA) is 85.5 Å². The molecule has 0 N–H and O–H groups in total. The summed E-state index contributed by atoms with van der Waals surface area (Å²) in [6.07, 6.45) is 7.43. The molecule has 7 nitrogen and oxygen atoms in total. The molecule has 2 aromatic carbocycles. The molecule has 3 rings (SSSR count). The third-order valence-corrected chi connectivity index (χ3v) is 7.42. The minimum atomic E-state index is -4.48. The molecule has 0 aliphatic rings. The number of alkyl halides is 3. The maximum absolute atomic E-state index is 13.0.